The van der Waals surface area contributed by atoms with Crippen LogP contribution in [0, 0.1) is 17.5 Å². The molecule has 18 heavy (non-hydrogen) atoms. The molecule has 0 aliphatic rings. The first-order valence-corrected chi connectivity index (χ1v) is 5.28. The van der Waals surface area contributed by atoms with Gasteiger partial charge in [0, 0.05) is 24.2 Å². The van der Waals surface area contributed by atoms with E-state index in [2.05, 4.69) is 4.98 Å². The third-order valence-electron chi connectivity index (χ3n) is 2.54. The van der Waals surface area contributed by atoms with Crippen LogP contribution in [0.5, 0.6) is 0 Å². The molecule has 5 heteroatoms. The van der Waals surface area contributed by atoms with Crippen molar-refractivity contribution in [1.82, 2.24) is 4.98 Å². The summed E-state index contributed by atoms with van der Waals surface area (Å²) < 4.78 is 39.0. The van der Waals surface area contributed by atoms with Crippen LogP contribution in [0.15, 0.2) is 36.7 Å². The normalized spacial score (nSPS) is 12.4. The first-order valence-electron chi connectivity index (χ1n) is 5.28. The highest BCUT2D eigenvalue weighted by atomic mass is 19.1. The van der Waals surface area contributed by atoms with Crippen LogP contribution in [-0.4, -0.2) is 10.1 Å². The summed E-state index contributed by atoms with van der Waals surface area (Å²) in [5.41, 5.74) is 0.409. The molecule has 0 spiro atoms. The molecular weight excluding hydrogens is 243 g/mol. The zero-order valence-corrected chi connectivity index (χ0v) is 9.28. The molecule has 0 aliphatic carbocycles. The van der Waals surface area contributed by atoms with E-state index in [1.807, 2.05) is 0 Å². The SMILES string of the molecule is OC(Cc1ccc(F)cc1F)c1cncc(F)c1. The predicted octanol–water partition coefficient (Wildman–Crippen LogP) is 2.78. The summed E-state index contributed by atoms with van der Waals surface area (Å²) >= 11 is 0. The number of nitrogens with zero attached hydrogens (tertiary/aromatic N) is 1. The largest absolute Gasteiger partial charge is 0.388 e. The fourth-order valence-electron chi connectivity index (χ4n) is 1.62. The second-order valence-corrected chi connectivity index (χ2v) is 3.89. The van der Waals surface area contributed by atoms with Crippen molar-refractivity contribution in [3.63, 3.8) is 0 Å². The number of pyridine rings is 1. The Morgan fingerprint density at radius 2 is 1.83 bits per heavy atom. The number of hydrogen-bond acceptors (Lipinski definition) is 2. The zero-order chi connectivity index (χ0) is 13.1. The standard InChI is InChI=1S/C13H10F3NO/c14-10-2-1-8(12(16)5-10)4-13(18)9-3-11(15)7-17-6-9/h1-3,5-7,13,18H,4H2. The molecule has 94 valence electrons. The lowest BCUT2D eigenvalue weighted by Gasteiger charge is -2.11. The number of hydrogen-bond donors (Lipinski definition) is 1. The summed E-state index contributed by atoms with van der Waals surface area (Å²) in [6.45, 7) is 0. The van der Waals surface area contributed by atoms with Gasteiger partial charge in [-0.1, -0.05) is 6.07 Å². The molecule has 0 saturated heterocycles. The van der Waals surface area contributed by atoms with Crippen LogP contribution in [-0.2, 0) is 6.42 Å². The number of halogens is 3. The van der Waals surface area contributed by atoms with Gasteiger partial charge in [-0.2, -0.15) is 0 Å². The topological polar surface area (TPSA) is 33.1 Å². The van der Waals surface area contributed by atoms with E-state index < -0.39 is 23.6 Å². The van der Waals surface area contributed by atoms with Gasteiger partial charge >= 0.3 is 0 Å². The van der Waals surface area contributed by atoms with Crippen molar-refractivity contribution in [1.29, 1.82) is 0 Å². The lowest BCUT2D eigenvalue weighted by Crippen LogP contribution is -2.04. The van der Waals surface area contributed by atoms with E-state index in [4.69, 9.17) is 0 Å². The summed E-state index contributed by atoms with van der Waals surface area (Å²) in [4.78, 5) is 3.59. The van der Waals surface area contributed by atoms with Gasteiger partial charge in [0.15, 0.2) is 0 Å². The monoisotopic (exact) mass is 253 g/mol. The van der Waals surface area contributed by atoms with E-state index >= 15 is 0 Å². The number of aliphatic hydroxyl groups is 1. The number of benzene rings is 1. The number of aliphatic hydroxyl groups excluding tert-OH is 1. The van der Waals surface area contributed by atoms with Gasteiger partial charge in [0.2, 0.25) is 0 Å². The minimum absolute atomic E-state index is 0.0722. The summed E-state index contributed by atoms with van der Waals surface area (Å²) in [6.07, 6.45) is 1.15. The van der Waals surface area contributed by atoms with Crippen molar-refractivity contribution in [3.8, 4) is 0 Å². The van der Waals surface area contributed by atoms with Crippen LogP contribution >= 0.6 is 0 Å². The van der Waals surface area contributed by atoms with Crippen LogP contribution in [0.1, 0.15) is 17.2 Å². The van der Waals surface area contributed by atoms with Gasteiger partial charge in [-0.25, -0.2) is 13.2 Å². The van der Waals surface area contributed by atoms with Crippen LogP contribution in [0.25, 0.3) is 0 Å². The molecule has 0 amide bonds. The zero-order valence-electron chi connectivity index (χ0n) is 9.28. The lowest BCUT2D eigenvalue weighted by molar-refractivity contribution is 0.176. The molecule has 2 nitrogen and oxygen atoms in total. The molecule has 2 rings (SSSR count). The maximum atomic E-state index is 13.4. The van der Waals surface area contributed by atoms with Crippen LogP contribution in [0.2, 0.25) is 0 Å². The van der Waals surface area contributed by atoms with Gasteiger partial charge in [-0.15, -0.1) is 0 Å². The van der Waals surface area contributed by atoms with Crippen LogP contribution in [0.4, 0.5) is 13.2 Å². The minimum atomic E-state index is -1.09. The highest BCUT2D eigenvalue weighted by molar-refractivity contribution is 5.22. The second kappa shape index (κ2) is 5.18. The third kappa shape index (κ3) is 2.87. The molecule has 0 aliphatic heterocycles. The van der Waals surface area contributed by atoms with Gasteiger partial charge in [0.05, 0.1) is 12.3 Å². The van der Waals surface area contributed by atoms with E-state index in [1.165, 1.54) is 12.3 Å². The van der Waals surface area contributed by atoms with Gasteiger partial charge in [-0.05, 0) is 17.7 Å². The maximum Gasteiger partial charge on any atom is 0.141 e. The van der Waals surface area contributed by atoms with E-state index in [1.54, 1.807) is 0 Å². The van der Waals surface area contributed by atoms with E-state index in [0.29, 0.717) is 0 Å². The molecule has 1 aromatic carbocycles. The van der Waals surface area contributed by atoms with Crippen LogP contribution in [0.3, 0.4) is 0 Å². The minimum Gasteiger partial charge on any atom is -0.388 e. The Morgan fingerprint density at radius 3 is 2.50 bits per heavy atom. The average Bonchev–Trinajstić information content (AvgIpc) is 2.32. The summed E-state index contributed by atoms with van der Waals surface area (Å²) in [7, 11) is 0. The molecule has 2 aromatic rings. The first-order chi connectivity index (χ1) is 8.56. The van der Waals surface area contributed by atoms with E-state index in [0.717, 1.165) is 24.4 Å². The van der Waals surface area contributed by atoms with Gasteiger partial charge in [-0.3, -0.25) is 4.98 Å². The van der Waals surface area contributed by atoms with Gasteiger partial charge in [0.25, 0.3) is 0 Å². The molecular formula is C13H10F3NO. The lowest BCUT2D eigenvalue weighted by atomic mass is 10.0. The second-order valence-electron chi connectivity index (χ2n) is 3.89. The smallest absolute Gasteiger partial charge is 0.141 e. The fourth-order valence-corrected chi connectivity index (χ4v) is 1.62. The molecule has 1 N–H and O–H groups in total. The first kappa shape index (κ1) is 12.6. The van der Waals surface area contributed by atoms with Crippen molar-refractivity contribution in [2.45, 2.75) is 12.5 Å². The Hall–Kier alpha value is -1.88. The molecule has 1 unspecified atom stereocenters. The molecule has 0 bridgehead atoms. The highest BCUT2D eigenvalue weighted by Crippen LogP contribution is 2.20. The summed E-state index contributed by atoms with van der Waals surface area (Å²) in [5, 5.41) is 9.83. The Labute approximate surface area is 102 Å². The number of aromatic nitrogens is 1. The summed E-state index contributed by atoms with van der Waals surface area (Å²) in [6, 6.07) is 4.22. The Bertz CT molecular complexity index is 560. The van der Waals surface area contributed by atoms with Crippen molar-refractivity contribution in [2.24, 2.45) is 0 Å². The quantitative estimate of drug-likeness (QED) is 0.912. The summed E-state index contributed by atoms with van der Waals surface area (Å²) in [5.74, 6) is -2.00. The molecule has 0 radical (unpaired) electrons. The molecule has 1 aromatic heterocycles. The van der Waals surface area contributed by atoms with Gasteiger partial charge < -0.3 is 5.11 Å². The Morgan fingerprint density at radius 1 is 1.06 bits per heavy atom. The molecule has 1 heterocycles. The van der Waals surface area contributed by atoms with E-state index in [9.17, 15) is 18.3 Å². The van der Waals surface area contributed by atoms with Gasteiger partial charge in [0.1, 0.15) is 17.5 Å². The third-order valence-corrected chi connectivity index (χ3v) is 2.54. The van der Waals surface area contributed by atoms with Crippen molar-refractivity contribution >= 4 is 0 Å². The Kier molecular flexibility index (Phi) is 3.62. The fraction of sp³-hybridized carbons (Fsp3) is 0.154. The average molecular weight is 253 g/mol. The Balaban J connectivity index is 2.18. The highest BCUT2D eigenvalue weighted by Gasteiger charge is 2.13. The number of rotatable bonds is 3. The van der Waals surface area contributed by atoms with Crippen molar-refractivity contribution in [2.75, 3.05) is 0 Å². The predicted molar refractivity (Wildman–Crippen MR) is 59.2 cm³/mol. The molecule has 0 saturated carbocycles. The van der Waals surface area contributed by atoms with Crippen LogP contribution < -0.4 is 0 Å². The van der Waals surface area contributed by atoms with E-state index in [-0.39, 0.29) is 17.5 Å². The van der Waals surface area contributed by atoms with Crippen molar-refractivity contribution in [3.05, 3.63) is 65.2 Å². The molecule has 1 atom stereocenters. The van der Waals surface area contributed by atoms with Crippen molar-refractivity contribution < 1.29 is 18.3 Å². The maximum absolute atomic E-state index is 13.4. The molecule has 0 fully saturated rings.